The van der Waals surface area contributed by atoms with Crippen LogP contribution in [0.15, 0.2) is 36.0 Å². The van der Waals surface area contributed by atoms with E-state index in [1.807, 2.05) is 43.3 Å². The number of aromatic nitrogens is 3. The van der Waals surface area contributed by atoms with Crippen molar-refractivity contribution in [2.75, 3.05) is 19.0 Å². The molecule has 0 fully saturated rings. The zero-order valence-electron chi connectivity index (χ0n) is 11.1. The van der Waals surface area contributed by atoms with Crippen molar-refractivity contribution >= 4 is 11.8 Å². The normalized spacial score (nSPS) is 9.40. The zero-order chi connectivity index (χ0) is 14.5. The highest BCUT2D eigenvalue weighted by molar-refractivity contribution is 5.59. The number of hydrogen-bond acceptors (Lipinski definition) is 5. The van der Waals surface area contributed by atoms with Crippen LogP contribution in [0.5, 0.6) is 0 Å². The average Bonchev–Trinajstić information content (AvgIpc) is 2.93. The molecule has 6 nitrogen and oxygen atoms in total. The Balaban J connectivity index is 2.28. The van der Waals surface area contributed by atoms with Gasteiger partial charge >= 0.3 is 0 Å². The highest BCUT2D eigenvalue weighted by Gasteiger charge is 2.03. The summed E-state index contributed by atoms with van der Waals surface area (Å²) in [6, 6.07) is 11.4. The Morgan fingerprint density at radius 2 is 1.85 bits per heavy atom. The SMILES string of the molecule is CN(C)c1ccc(-n2cc(C=C(C#N)C#N)nn2)cc1. The van der Waals surface area contributed by atoms with E-state index < -0.39 is 0 Å². The Hall–Kier alpha value is -3.12. The molecule has 98 valence electrons. The standard InChI is InChI=1S/C14H12N6/c1-19(2)13-3-5-14(6-4-13)20-10-12(17-18-20)7-11(8-15)9-16/h3-7,10H,1-2H3. The second-order valence-corrected chi connectivity index (χ2v) is 4.28. The summed E-state index contributed by atoms with van der Waals surface area (Å²) in [6.07, 6.45) is 3.07. The van der Waals surface area contributed by atoms with Gasteiger partial charge in [0.15, 0.2) is 0 Å². The lowest BCUT2D eigenvalue weighted by molar-refractivity contribution is 0.802. The van der Waals surface area contributed by atoms with Crippen LogP contribution < -0.4 is 4.90 Å². The van der Waals surface area contributed by atoms with Crippen molar-refractivity contribution in [1.82, 2.24) is 15.0 Å². The van der Waals surface area contributed by atoms with Crippen molar-refractivity contribution in [3.63, 3.8) is 0 Å². The van der Waals surface area contributed by atoms with Crippen LogP contribution in [0, 0.1) is 22.7 Å². The molecule has 1 aromatic carbocycles. The highest BCUT2D eigenvalue weighted by atomic mass is 15.4. The first kappa shape index (κ1) is 13.3. The molecule has 0 spiro atoms. The molecule has 0 saturated carbocycles. The predicted octanol–water partition coefficient (Wildman–Crippen LogP) is 1.76. The smallest absolute Gasteiger partial charge is 0.131 e. The van der Waals surface area contributed by atoms with Crippen molar-refractivity contribution in [2.45, 2.75) is 0 Å². The van der Waals surface area contributed by atoms with Crippen LogP contribution in [-0.2, 0) is 0 Å². The second kappa shape index (κ2) is 5.68. The van der Waals surface area contributed by atoms with E-state index in [4.69, 9.17) is 10.5 Å². The van der Waals surface area contributed by atoms with E-state index in [0.29, 0.717) is 5.69 Å². The topological polar surface area (TPSA) is 81.5 Å². The van der Waals surface area contributed by atoms with Crippen LogP contribution in [0.2, 0.25) is 0 Å². The van der Waals surface area contributed by atoms with Crippen LogP contribution in [0.3, 0.4) is 0 Å². The second-order valence-electron chi connectivity index (χ2n) is 4.28. The average molecular weight is 264 g/mol. The molecule has 0 aliphatic rings. The van der Waals surface area contributed by atoms with E-state index in [1.165, 1.54) is 6.08 Å². The number of anilines is 1. The van der Waals surface area contributed by atoms with Crippen molar-refractivity contribution in [2.24, 2.45) is 0 Å². The summed E-state index contributed by atoms with van der Waals surface area (Å²) in [5.74, 6) is 0. The molecule has 1 aromatic heterocycles. The molecule has 0 aliphatic heterocycles. The molecular formula is C14H12N6. The molecule has 0 radical (unpaired) electrons. The summed E-state index contributed by atoms with van der Waals surface area (Å²) in [6.45, 7) is 0. The number of benzene rings is 1. The van der Waals surface area contributed by atoms with Crippen LogP contribution >= 0.6 is 0 Å². The van der Waals surface area contributed by atoms with Crippen molar-refractivity contribution < 1.29 is 0 Å². The Bertz CT molecular complexity index is 693. The van der Waals surface area contributed by atoms with Gasteiger partial charge in [-0.25, -0.2) is 4.68 Å². The summed E-state index contributed by atoms with van der Waals surface area (Å²) in [5.41, 5.74) is 2.42. The minimum Gasteiger partial charge on any atom is -0.378 e. The Labute approximate surface area is 116 Å². The molecular weight excluding hydrogens is 252 g/mol. The Kier molecular flexibility index (Phi) is 3.78. The van der Waals surface area contributed by atoms with E-state index in [1.54, 1.807) is 23.0 Å². The van der Waals surface area contributed by atoms with Gasteiger partial charge in [-0.05, 0) is 30.3 Å². The number of allylic oxidation sites excluding steroid dienone is 1. The van der Waals surface area contributed by atoms with Crippen LogP contribution in [0.4, 0.5) is 5.69 Å². The molecule has 6 heteroatoms. The minimum atomic E-state index is 0.00000529. The third-order valence-corrected chi connectivity index (χ3v) is 2.67. The van der Waals surface area contributed by atoms with Gasteiger partial charge in [-0.2, -0.15) is 10.5 Å². The summed E-state index contributed by atoms with van der Waals surface area (Å²) in [7, 11) is 3.94. The van der Waals surface area contributed by atoms with Gasteiger partial charge in [-0.15, -0.1) is 5.10 Å². The quantitative estimate of drug-likeness (QED) is 0.789. The molecule has 0 N–H and O–H groups in total. The fraction of sp³-hybridized carbons (Fsp3) is 0.143. The Morgan fingerprint density at radius 1 is 1.20 bits per heavy atom. The lowest BCUT2D eigenvalue weighted by atomic mass is 10.2. The van der Waals surface area contributed by atoms with Crippen LogP contribution in [0.25, 0.3) is 11.8 Å². The van der Waals surface area contributed by atoms with Gasteiger partial charge < -0.3 is 4.90 Å². The molecule has 1 heterocycles. The summed E-state index contributed by atoms with van der Waals surface area (Å²) < 4.78 is 1.59. The molecule has 0 unspecified atom stereocenters. The van der Waals surface area contributed by atoms with Gasteiger partial charge in [-0.3, -0.25) is 0 Å². The molecule has 0 bridgehead atoms. The fourth-order valence-corrected chi connectivity index (χ4v) is 1.61. The molecule has 20 heavy (non-hydrogen) atoms. The minimum absolute atomic E-state index is 0.00000529. The number of nitrogens with zero attached hydrogens (tertiary/aromatic N) is 6. The molecule has 2 rings (SSSR count). The van der Waals surface area contributed by atoms with Gasteiger partial charge in [0.25, 0.3) is 0 Å². The summed E-state index contributed by atoms with van der Waals surface area (Å²) in [5, 5.41) is 25.3. The molecule has 2 aromatic rings. The van der Waals surface area contributed by atoms with E-state index in [0.717, 1.165) is 11.4 Å². The van der Waals surface area contributed by atoms with E-state index in [9.17, 15) is 0 Å². The molecule has 0 aliphatic carbocycles. The first-order valence-electron chi connectivity index (χ1n) is 5.86. The van der Waals surface area contributed by atoms with Gasteiger partial charge in [0, 0.05) is 19.8 Å². The fourth-order valence-electron chi connectivity index (χ4n) is 1.61. The third-order valence-electron chi connectivity index (χ3n) is 2.67. The monoisotopic (exact) mass is 264 g/mol. The third kappa shape index (κ3) is 2.82. The van der Waals surface area contributed by atoms with Crippen molar-refractivity contribution in [3.05, 3.63) is 41.7 Å². The van der Waals surface area contributed by atoms with Gasteiger partial charge in [0.1, 0.15) is 23.4 Å². The van der Waals surface area contributed by atoms with Crippen LogP contribution in [0.1, 0.15) is 5.69 Å². The lowest BCUT2D eigenvalue weighted by Crippen LogP contribution is -2.08. The molecule has 0 amide bonds. The van der Waals surface area contributed by atoms with Crippen molar-refractivity contribution in [1.29, 1.82) is 10.5 Å². The lowest BCUT2D eigenvalue weighted by Gasteiger charge is -2.12. The summed E-state index contributed by atoms with van der Waals surface area (Å²) in [4.78, 5) is 2.01. The maximum Gasteiger partial charge on any atom is 0.131 e. The molecule has 0 atom stereocenters. The van der Waals surface area contributed by atoms with Gasteiger partial charge in [0.2, 0.25) is 0 Å². The number of nitriles is 2. The largest absolute Gasteiger partial charge is 0.378 e. The van der Waals surface area contributed by atoms with Gasteiger partial charge in [-0.1, -0.05) is 5.21 Å². The van der Waals surface area contributed by atoms with Crippen LogP contribution in [-0.4, -0.2) is 29.1 Å². The highest BCUT2D eigenvalue weighted by Crippen LogP contribution is 2.15. The number of rotatable bonds is 3. The predicted molar refractivity (Wildman–Crippen MR) is 74.9 cm³/mol. The zero-order valence-corrected chi connectivity index (χ0v) is 11.1. The first-order chi connectivity index (χ1) is 9.63. The van der Waals surface area contributed by atoms with E-state index >= 15 is 0 Å². The summed E-state index contributed by atoms with van der Waals surface area (Å²) >= 11 is 0. The Morgan fingerprint density at radius 3 is 2.40 bits per heavy atom. The maximum atomic E-state index is 8.69. The maximum absolute atomic E-state index is 8.69. The van der Waals surface area contributed by atoms with E-state index in [-0.39, 0.29) is 5.57 Å². The first-order valence-corrected chi connectivity index (χ1v) is 5.86. The van der Waals surface area contributed by atoms with Gasteiger partial charge in [0.05, 0.1) is 11.9 Å². The molecule has 0 saturated heterocycles. The van der Waals surface area contributed by atoms with E-state index in [2.05, 4.69) is 10.3 Å². The number of hydrogen-bond donors (Lipinski definition) is 0. The van der Waals surface area contributed by atoms with Crippen molar-refractivity contribution in [3.8, 4) is 17.8 Å².